The predicted octanol–water partition coefficient (Wildman–Crippen LogP) is 18.1. The maximum absolute atomic E-state index is 12.7. The second-order valence-electron chi connectivity index (χ2n) is 19.2. The molecule has 66 heavy (non-hydrogen) atoms. The molecule has 8 nitrogen and oxygen atoms in total. The van der Waals surface area contributed by atoms with Crippen molar-refractivity contribution >= 4 is 13.8 Å². The SMILES string of the molecule is CCCCCCC/C=C\C/C=C\C/C=C\CCCCCCCCCCCCCOCC(COP(=O)(O)OCCN)OC(=O)CCCCCCCCCCCCCCCCCCCCCCC. The van der Waals surface area contributed by atoms with Crippen molar-refractivity contribution in [3.8, 4) is 0 Å². The first-order chi connectivity index (χ1) is 32.4. The lowest BCUT2D eigenvalue weighted by Crippen LogP contribution is -2.28. The fraction of sp³-hybridized carbons (Fsp3) is 0.877. The average molecular weight is 952 g/mol. The molecule has 9 heteroatoms. The first kappa shape index (κ1) is 64.7. The molecule has 0 aromatic heterocycles. The molecule has 0 rings (SSSR count). The molecule has 0 fully saturated rings. The number of hydrogen-bond donors (Lipinski definition) is 2. The third kappa shape index (κ3) is 53.7. The molecule has 0 aliphatic carbocycles. The zero-order valence-electron chi connectivity index (χ0n) is 43.7. The van der Waals surface area contributed by atoms with Crippen molar-refractivity contribution < 1.29 is 32.8 Å². The Morgan fingerprint density at radius 2 is 0.803 bits per heavy atom. The van der Waals surface area contributed by atoms with Crippen LogP contribution < -0.4 is 5.73 Å². The van der Waals surface area contributed by atoms with Gasteiger partial charge in [0.05, 0.1) is 19.8 Å². The fourth-order valence-corrected chi connectivity index (χ4v) is 9.13. The summed E-state index contributed by atoms with van der Waals surface area (Å²) in [6.07, 6.45) is 66.2. The van der Waals surface area contributed by atoms with Gasteiger partial charge in [-0.2, -0.15) is 0 Å². The van der Waals surface area contributed by atoms with Crippen LogP contribution in [0.4, 0.5) is 0 Å². The van der Waals surface area contributed by atoms with E-state index in [2.05, 4.69) is 50.3 Å². The molecule has 0 aromatic carbocycles. The van der Waals surface area contributed by atoms with Crippen LogP contribution in [-0.4, -0.2) is 49.9 Å². The number of carbonyl (C=O) groups excluding carboxylic acids is 1. The maximum atomic E-state index is 12.7. The lowest BCUT2D eigenvalue weighted by Gasteiger charge is -2.20. The number of hydrogen-bond acceptors (Lipinski definition) is 7. The molecule has 0 aliphatic heterocycles. The lowest BCUT2D eigenvalue weighted by molar-refractivity contribution is -0.154. The molecule has 390 valence electrons. The van der Waals surface area contributed by atoms with Crippen molar-refractivity contribution in [2.24, 2.45) is 5.73 Å². The Bertz CT molecular complexity index is 1110. The summed E-state index contributed by atoms with van der Waals surface area (Å²) in [6.45, 7) is 4.97. The van der Waals surface area contributed by atoms with Gasteiger partial charge >= 0.3 is 13.8 Å². The number of unbranched alkanes of at least 4 members (excludes halogenated alkanes) is 36. The number of ether oxygens (including phenoxy) is 2. The minimum atomic E-state index is -4.28. The highest BCUT2D eigenvalue weighted by Crippen LogP contribution is 2.43. The van der Waals surface area contributed by atoms with E-state index in [0.29, 0.717) is 13.0 Å². The third-order valence-corrected chi connectivity index (χ3v) is 13.5. The van der Waals surface area contributed by atoms with Crippen LogP contribution in [0.25, 0.3) is 0 Å². The van der Waals surface area contributed by atoms with Gasteiger partial charge in [0.25, 0.3) is 0 Å². The molecular weight excluding hydrogens is 842 g/mol. The first-order valence-corrected chi connectivity index (χ1v) is 30.0. The zero-order chi connectivity index (χ0) is 48.0. The standard InChI is InChI=1S/C57H110NO7P/c1-3-5-7-9-11-13-15-17-19-21-23-25-26-27-28-29-31-33-35-37-39-41-43-45-47-49-52-62-54-56(55-64-66(60,61)63-53-51-58)65-57(59)50-48-46-44-42-40-38-36-34-32-30-24-22-20-18-16-14-12-10-8-6-4-2/h15,17,21,23,26-27,56H,3-14,16,18-20,22,24-25,28-55,58H2,1-2H3,(H,60,61)/b17-15-,23-21-,27-26-. The fourth-order valence-electron chi connectivity index (χ4n) is 8.36. The van der Waals surface area contributed by atoms with Crippen LogP contribution in [0, 0.1) is 0 Å². The monoisotopic (exact) mass is 952 g/mol. The molecule has 0 heterocycles. The highest BCUT2D eigenvalue weighted by atomic mass is 31.2. The lowest BCUT2D eigenvalue weighted by atomic mass is 10.0. The molecular formula is C57H110NO7P. The van der Waals surface area contributed by atoms with Gasteiger partial charge in [0, 0.05) is 19.6 Å². The van der Waals surface area contributed by atoms with Crippen LogP contribution in [0.15, 0.2) is 36.5 Å². The summed E-state index contributed by atoms with van der Waals surface area (Å²) < 4.78 is 33.7. The van der Waals surface area contributed by atoms with E-state index in [-0.39, 0.29) is 32.3 Å². The van der Waals surface area contributed by atoms with Crippen molar-refractivity contribution in [1.29, 1.82) is 0 Å². The number of carbonyl (C=O) groups is 1. The largest absolute Gasteiger partial charge is 0.472 e. The van der Waals surface area contributed by atoms with Gasteiger partial charge in [-0.1, -0.05) is 262 Å². The zero-order valence-corrected chi connectivity index (χ0v) is 44.6. The Balaban J connectivity index is 3.87. The molecule has 0 aliphatic rings. The Morgan fingerprint density at radius 1 is 0.455 bits per heavy atom. The second-order valence-corrected chi connectivity index (χ2v) is 20.6. The van der Waals surface area contributed by atoms with Crippen LogP contribution in [0.2, 0.25) is 0 Å². The van der Waals surface area contributed by atoms with Crippen molar-refractivity contribution in [1.82, 2.24) is 0 Å². The van der Waals surface area contributed by atoms with E-state index in [1.807, 2.05) is 0 Å². The summed E-state index contributed by atoms with van der Waals surface area (Å²) in [4.78, 5) is 22.7. The van der Waals surface area contributed by atoms with Gasteiger partial charge in [-0.25, -0.2) is 4.57 Å². The second kappa shape index (κ2) is 54.7. The van der Waals surface area contributed by atoms with E-state index >= 15 is 0 Å². The van der Waals surface area contributed by atoms with Crippen molar-refractivity contribution in [3.63, 3.8) is 0 Å². The molecule has 0 aromatic rings. The molecule has 0 spiro atoms. The molecule has 0 bridgehead atoms. The van der Waals surface area contributed by atoms with Crippen LogP contribution in [-0.2, 0) is 27.9 Å². The van der Waals surface area contributed by atoms with Gasteiger partial charge < -0.3 is 20.1 Å². The van der Waals surface area contributed by atoms with Crippen LogP contribution in [0.5, 0.6) is 0 Å². The summed E-state index contributed by atoms with van der Waals surface area (Å²) in [5.41, 5.74) is 5.40. The highest BCUT2D eigenvalue weighted by molar-refractivity contribution is 7.47. The van der Waals surface area contributed by atoms with E-state index in [4.69, 9.17) is 24.3 Å². The minimum absolute atomic E-state index is 0.0942. The van der Waals surface area contributed by atoms with Gasteiger partial charge in [0.15, 0.2) is 0 Å². The Morgan fingerprint density at radius 3 is 1.20 bits per heavy atom. The number of esters is 1. The summed E-state index contributed by atoms with van der Waals surface area (Å²) in [6, 6.07) is 0. The van der Waals surface area contributed by atoms with Gasteiger partial charge in [0.2, 0.25) is 0 Å². The molecule has 0 radical (unpaired) electrons. The number of phosphoric ester groups is 1. The van der Waals surface area contributed by atoms with Crippen LogP contribution in [0.1, 0.15) is 284 Å². The Kier molecular flexibility index (Phi) is 53.6. The van der Waals surface area contributed by atoms with Gasteiger partial charge in [0.1, 0.15) is 6.10 Å². The molecule has 2 unspecified atom stereocenters. The van der Waals surface area contributed by atoms with Crippen molar-refractivity contribution in [2.45, 2.75) is 290 Å². The van der Waals surface area contributed by atoms with Crippen molar-refractivity contribution in [2.75, 3.05) is 33.0 Å². The maximum Gasteiger partial charge on any atom is 0.472 e. The molecule has 0 amide bonds. The Labute approximate surface area is 409 Å². The van der Waals surface area contributed by atoms with Gasteiger partial charge in [-0.05, 0) is 51.4 Å². The molecule has 0 saturated carbocycles. The van der Waals surface area contributed by atoms with E-state index in [0.717, 1.165) is 44.9 Å². The molecule has 0 saturated heterocycles. The van der Waals surface area contributed by atoms with E-state index in [9.17, 15) is 14.3 Å². The average Bonchev–Trinajstić information content (AvgIpc) is 3.31. The van der Waals surface area contributed by atoms with E-state index in [1.165, 1.54) is 218 Å². The summed E-state index contributed by atoms with van der Waals surface area (Å²) in [5.74, 6) is -0.325. The highest BCUT2D eigenvalue weighted by Gasteiger charge is 2.25. The number of allylic oxidation sites excluding steroid dienone is 6. The van der Waals surface area contributed by atoms with Crippen LogP contribution in [0.3, 0.4) is 0 Å². The van der Waals surface area contributed by atoms with Gasteiger partial charge in [-0.3, -0.25) is 13.8 Å². The Hall–Kier alpha value is -1.28. The summed E-state index contributed by atoms with van der Waals surface area (Å²) >= 11 is 0. The topological polar surface area (TPSA) is 117 Å². The summed E-state index contributed by atoms with van der Waals surface area (Å²) in [7, 11) is -4.28. The molecule has 3 N–H and O–H groups in total. The smallest absolute Gasteiger partial charge is 0.457 e. The van der Waals surface area contributed by atoms with Crippen molar-refractivity contribution in [3.05, 3.63) is 36.5 Å². The van der Waals surface area contributed by atoms with Gasteiger partial charge in [-0.15, -0.1) is 0 Å². The molecule has 2 atom stereocenters. The predicted molar refractivity (Wildman–Crippen MR) is 284 cm³/mol. The number of phosphoric acid groups is 1. The normalized spacial score (nSPS) is 13.5. The van der Waals surface area contributed by atoms with E-state index < -0.39 is 13.9 Å². The minimum Gasteiger partial charge on any atom is -0.457 e. The quantitative estimate of drug-likeness (QED) is 0.0268. The number of nitrogens with two attached hydrogens (primary N) is 1. The summed E-state index contributed by atoms with van der Waals surface area (Å²) in [5, 5.41) is 0. The first-order valence-electron chi connectivity index (χ1n) is 28.5. The number of rotatable bonds is 55. The third-order valence-electron chi connectivity index (χ3n) is 12.6. The van der Waals surface area contributed by atoms with Crippen LogP contribution >= 0.6 is 7.82 Å². The van der Waals surface area contributed by atoms with E-state index in [1.54, 1.807) is 0 Å².